The number of aryl methyl sites for hydroxylation is 1. The van der Waals surface area contributed by atoms with Crippen LogP contribution in [-0.4, -0.2) is 45.0 Å². The number of hydrogen-bond acceptors (Lipinski definition) is 5. The van der Waals surface area contributed by atoms with E-state index in [-0.39, 0.29) is 35.6 Å². The average Bonchev–Trinajstić information content (AvgIpc) is 3.23. The van der Waals surface area contributed by atoms with Gasteiger partial charge in [0, 0.05) is 42.5 Å². The molecule has 1 aliphatic heterocycles. The highest BCUT2D eigenvalue weighted by Gasteiger charge is 2.27. The minimum Gasteiger partial charge on any atom is -0.383 e. The number of H-pyrrole nitrogens is 1. The molecule has 0 atom stereocenters. The predicted molar refractivity (Wildman–Crippen MR) is 117 cm³/mol. The number of halogens is 1. The summed E-state index contributed by atoms with van der Waals surface area (Å²) in [7, 11) is 0. The molecule has 1 saturated heterocycles. The molecule has 0 unspecified atom stereocenters. The molecule has 166 valence electrons. The molecule has 9 heteroatoms. The molecule has 3 aromatic rings. The average molecular weight is 436 g/mol. The maximum Gasteiger partial charge on any atom is 0.257 e. The van der Waals surface area contributed by atoms with Gasteiger partial charge in [-0.1, -0.05) is 18.2 Å². The number of piperidine rings is 1. The van der Waals surface area contributed by atoms with E-state index >= 15 is 0 Å². The molecule has 1 fully saturated rings. The summed E-state index contributed by atoms with van der Waals surface area (Å²) in [6, 6.07) is 9.73. The van der Waals surface area contributed by atoms with Crippen molar-refractivity contribution in [3.63, 3.8) is 0 Å². The lowest BCUT2D eigenvalue weighted by Gasteiger charge is -2.31. The number of nitrogens with zero attached hydrogens (tertiary/aromatic N) is 3. The molecule has 0 bridgehead atoms. The van der Waals surface area contributed by atoms with Crippen molar-refractivity contribution in [3.8, 4) is 0 Å². The number of nitrogens with two attached hydrogens (primary N) is 1. The maximum absolute atomic E-state index is 13.7. The van der Waals surface area contributed by atoms with Crippen LogP contribution in [0, 0.1) is 12.7 Å². The summed E-state index contributed by atoms with van der Waals surface area (Å²) in [6.07, 6.45) is 3.07. The Morgan fingerprint density at radius 3 is 2.59 bits per heavy atom. The van der Waals surface area contributed by atoms with E-state index in [1.54, 1.807) is 36.5 Å². The number of aromatic nitrogens is 3. The number of nitrogen functional groups attached to an aromatic ring is 1. The third kappa shape index (κ3) is 4.46. The van der Waals surface area contributed by atoms with E-state index in [4.69, 9.17) is 5.73 Å². The Balaban J connectivity index is 1.36. The third-order valence-corrected chi connectivity index (χ3v) is 5.85. The van der Waals surface area contributed by atoms with Crippen molar-refractivity contribution in [2.45, 2.75) is 32.2 Å². The number of aromatic amines is 1. The zero-order valence-corrected chi connectivity index (χ0v) is 17.8. The summed E-state index contributed by atoms with van der Waals surface area (Å²) in [6.45, 7) is 3.12. The fraction of sp³-hybridized carbons (Fsp3) is 0.304. The van der Waals surface area contributed by atoms with Crippen LogP contribution < -0.4 is 11.1 Å². The van der Waals surface area contributed by atoms with E-state index in [1.165, 1.54) is 6.07 Å². The van der Waals surface area contributed by atoms with Gasteiger partial charge in [-0.2, -0.15) is 5.10 Å². The van der Waals surface area contributed by atoms with E-state index in [9.17, 15) is 14.0 Å². The topological polar surface area (TPSA) is 117 Å². The molecule has 1 aromatic carbocycles. The molecule has 3 heterocycles. The van der Waals surface area contributed by atoms with Gasteiger partial charge in [0.15, 0.2) is 0 Å². The van der Waals surface area contributed by atoms with Crippen LogP contribution in [-0.2, 0) is 6.54 Å². The lowest BCUT2D eigenvalue weighted by molar-refractivity contribution is 0.0711. The van der Waals surface area contributed by atoms with Gasteiger partial charge in [-0.25, -0.2) is 9.37 Å². The minimum atomic E-state index is -0.402. The second kappa shape index (κ2) is 9.17. The lowest BCUT2D eigenvalue weighted by atomic mass is 9.92. The van der Waals surface area contributed by atoms with Crippen LogP contribution in [0.5, 0.6) is 0 Å². The highest BCUT2D eigenvalue weighted by atomic mass is 19.1. The normalized spacial score (nSPS) is 14.4. The lowest BCUT2D eigenvalue weighted by Crippen LogP contribution is -2.38. The number of anilines is 1. The first-order valence-electron chi connectivity index (χ1n) is 10.5. The van der Waals surface area contributed by atoms with Crippen molar-refractivity contribution in [2.24, 2.45) is 0 Å². The standard InChI is InChI=1S/C23H25FN6O2/c1-14-18(13-27-29-14)23(32)30-10-8-15(9-11-30)20-7-6-17(21(25)28-20)22(31)26-12-16-4-2-3-5-19(16)24/h2-7,13,15H,8-12H2,1H3,(H2,25,28)(H,26,31)(H,27,29). The number of hydrogen-bond donors (Lipinski definition) is 3. The molecule has 4 N–H and O–H groups in total. The van der Waals surface area contributed by atoms with Gasteiger partial charge in [0.2, 0.25) is 0 Å². The molecule has 1 aliphatic rings. The number of carbonyl (C=O) groups is 2. The van der Waals surface area contributed by atoms with Crippen molar-refractivity contribution in [1.29, 1.82) is 0 Å². The van der Waals surface area contributed by atoms with Crippen LogP contribution in [0.2, 0.25) is 0 Å². The fourth-order valence-corrected chi connectivity index (χ4v) is 3.94. The van der Waals surface area contributed by atoms with Gasteiger partial charge in [0.1, 0.15) is 11.6 Å². The van der Waals surface area contributed by atoms with Crippen LogP contribution >= 0.6 is 0 Å². The van der Waals surface area contributed by atoms with E-state index in [0.29, 0.717) is 24.2 Å². The van der Waals surface area contributed by atoms with Gasteiger partial charge in [-0.3, -0.25) is 14.7 Å². The second-order valence-electron chi connectivity index (χ2n) is 7.92. The van der Waals surface area contributed by atoms with Crippen LogP contribution in [0.4, 0.5) is 10.2 Å². The molecule has 0 aliphatic carbocycles. The molecular formula is C23H25FN6O2. The molecule has 0 spiro atoms. The number of benzene rings is 1. The molecular weight excluding hydrogens is 411 g/mol. The van der Waals surface area contributed by atoms with E-state index in [1.807, 2.05) is 11.8 Å². The Hall–Kier alpha value is -3.75. The van der Waals surface area contributed by atoms with Crippen molar-refractivity contribution in [3.05, 3.63) is 76.5 Å². The largest absolute Gasteiger partial charge is 0.383 e. The van der Waals surface area contributed by atoms with Gasteiger partial charge in [-0.15, -0.1) is 0 Å². The SMILES string of the molecule is Cc1[nH]ncc1C(=O)N1CCC(c2ccc(C(=O)NCc3ccccc3F)c(N)n2)CC1. The Morgan fingerprint density at radius 2 is 1.94 bits per heavy atom. The Labute approximate surface area is 185 Å². The zero-order valence-electron chi connectivity index (χ0n) is 17.8. The highest BCUT2D eigenvalue weighted by molar-refractivity contribution is 5.98. The monoisotopic (exact) mass is 436 g/mol. The summed E-state index contributed by atoms with van der Waals surface area (Å²) < 4.78 is 13.7. The summed E-state index contributed by atoms with van der Waals surface area (Å²) in [5.41, 5.74) is 8.88. The van der Waals surface area contributed by atoms with Crippen LogP contribution in [0.1, 0.15) is 56.4 Å². The molecule has 2 aromatic heterocycles. The fourth-order valence-electron chi connectivity index (χ4n) is 3.94. The van der Waals surface area contributed by atoms with Crippen LogP contribution in [0.25, 0.3) is 0 Å². The van der Waals surface area contributed by atoms with Gasteiger partial charge in [0.25, 0.3) is 11.8 Å². The predicted octanol–water partition coefficient (Wildman–Crippen LogP) is 2.78. The van der Waals surface area contributed by atoms with Gasteiger partial charge < -0.3 is 16.0 Å². The molecule has 4 rings (SSSR count). The third-order valence-electron chi connectivity index (χ3n) is 5.85. The van der Waals surface area contributed by atoms with E-state index in [0.717, 1.165) is 24.2 Å². The summed E-state index contributed by atoms with van der Waals surface area (Å²) >= 11 is 0. The van der Waals surface area contributed by atoms with Crippen molar-refractivity contribution in [1.82, 2.24) is 25.4 Å². The van der Waals surface area contributed by atoms with Gasteiger partial charge >= 0.3 is 0 Å². The maximum atomic E-state index is 13.7. The zero-order chi connectivity index (χ0) is 22.7. The summed E-state index contributed by atoms with van der Waals surface area (Å²) in [5, 5.41) is 9.39. The molecule has 2 amide bonds. The number of pyridine rings is 1. The molecule has 0 radical (unpaired) electrons. The van der Waals surface area contributed by atoms with Crippen molar-refractivity contribution in [2.75, 3.05) is 18.8 Å². The van der Waals surface area contributed by atoms with Crippen LogP contribution in [0.15, 0.2) is 42.6 Å². The smallest absolute Gasteiger partial charge is 0.257 e. The summed E-state index contributed by atoms with van der Waals surface area (Å²) in [5.74, 6) is -0.505. The van der Waals surface area contributed by atoms with Crippen molar-refractivity contribution < 1.29 is 14.0 Å². The summed E-state index contributed by atoms with van der Waals surface area (Å²) in [4.78, 5) is 31.4. The number of carbonyl (C=O) groups excluding carboxylic acids is 2. The minimum absolute atomic E-state index is 0.0240. The first kappa shape index (κ1) is 21.5. The Kier molecular flexibility index (Phi) is 6.16. The quantitative estimate of drug-likeness (QED) is 0.569. The Bertz CT molecular complexity index is 1140. The van der Waals surface area contributed by atoms with Crippen molar-refractivity contribution >= 4 is 17.6 Å². The number of likely N-dealkylation sites (tertiary alicyclic amines) is 1. The van der Waals surface area contributed by atoms with E-state index < -0.39 is 5.91 Å². The molecule has 32 heavy (non-hydrogen) atoms. The van der Waals surface area contributed by atoms with Crippen LogP contribution in [0.3, 0.4) is 0 Å². The van der Waals surface area contributed by atoms with Gasteiger partial charge in [0.05, 0.1) is 17.3 Å². The van der Waals surface area contributed by atoms with E-state index in [2.05, 4.69) is 20.5 Å². The highest BCUT2D eigenvalue weighted by Crippen LogP contribution is 2.29. The molecule has 0 saturated carbocycles. The first-order chi connectivity index (χ1) is 15.4. The number of nitrogens with one attached hydrogen (secondary N) is 2. The second-order valence-corrected chi connectivity index (χ2v) is 7.92. The number of amides is 2. The Morgan fingerprint density at radius 1 is 1.19 bits per heavy atom. The molecule has 8 nitrogen and oxygen atoms in total. The first-order valence-corrected chi connectivity index (χ1v) is 10.5. The number of rotatable bonds is 5. The van der Waals surface area contributed by atoms with Gasteiger partial charge in [-0.05, 0) is 38.0 Å².